The maximum atomic E-state index is 12.2. The van der Waals surface area contributed by atoms with E-state index in [0.717, 1.165) is 24.8 Å². The van der Waals surface area contributed by atoms with Crippen molar-refractivity contribution < 1.29 is 13.2 Å². The lowest BCUT2D eigenvalue weighted by Crippen LogP contribution is -2.33. The van der Waals surface area contributed by atoms with Crippen LogP contribution in [0, 0.1) is 12.8 Å². The van der Waals surface area contributed by atoms with Gasteiger partial charge in [0.25, 0.3) is 0 Å². The van der Waals surface area contributed by atoms with Crippen molar-refractivity contribution in [1.82, 2.24) is 5.32 Å². The largest absolute Gasteiger partial charge is 0.356 e. The van der Waals surface area contributed by atoms with Gasteiger partial charge in [0.1, 0.15) is 0 Å². The van der Waals surface area contributed by atoms with E-state index in [4.69, 9.17) is 11.6 Å². The molecule has 0 fully saturated rings. The van der Waals surface area contributed by atoms with Gasteiger partial charge in [-0.2, -0.15) is 0 Å². The second kappa shape index (κ2) is 11.5. The van der Waals surface area contributed by atoms with E-state index in [1.165, 1.54) is 17.0 Å². The van der Waals surface area contributed by atoms with Crippen LogP contribution in [-0.2, 0) is 14.8 Å². The molecule has 1 atom stereocenters. The molecule has 1 aromatic carbocycles. The Labute approximate surface area is 169 Å². The number of halogens is 1. The van der Waals surface area contributed by atoms with Gasteiger partial charge in [0.15, 0.2) is 0 Å². The van der Waals surface area contributed by atoms with Crippen LogP contribution in [0.25, 0.3) is 0 Å². The molecule has 0 spiro atoms. The summed E-state index contributed by atoms with van der Waals surface area (Å²) in [6, 6.07) is 5.12. The number of nitrogens with one attached hydrogen (secondary N) is 1. The Kier molecular flexibility index (Phi) is 10.2. The number of anilines is 1. The van der Waals surface area contributed by atoms with Gasteiger partial charge in [-0.25, -0.2) is 8.42 Å². The van der Waals surface area contributed by atoms with Crippen LogP contribution in [0.3, 0.4) is 0 Å². The van der Waals surface area contributed by atoms with E-state index in [0.29, 0.717) is 36.0 Å². The van der Waals surface area contributed by atoms with Crippen molar-refractivity contribution in [2.24, 2.45) is 5.92 Å². The summed E-state index contributed by atoms with van der Waals surface area (Å²) < 4.78 is 25.7. The highest BCUT2D eigenvalue weighted by Gasteiger charge is 2.19. The Balaban J connectivity index is 2.58. The average molecular weight is 417 g/mol. The molecule has 0 bridgehead atoms. The summed E-state index contributed by atoms with van der Waals surface area (Å²) in [5, 5.41) is 3.56. The van der Waals surface area contributed by atoms with Crippen molar-refractivity contribution in [1.29, 1.82) is 0 Å². The van der Waals surface area contributed by atoms with Crippen molar-refractivity contribution in [3.8, 4) is 0 Å². The van der Waals surface area contributed by atoms with Crippen molar-refractivity contribution in [3.63, 3.8) is 0 Å². The van der Waals surface area contributed by atoms with Gasteiger partial charge in [-0.3, -0.25) is 9.10 Å². The molecule has 154 valence electrons. The lowest BCUT2D eigenvalue weighted by atomic mass is 9.99. The number of carbonyl (C=O) groups is 1. The first-order valence-corrected chi connectivity index (χ1v) is 11.9. The van der Waals surface area contributed by atoms with Gasteiger partial charge in [-0.1, -0.05) is 44.7 Å². The van der Waals surface area contributed by atoms with E-state index in [1.54, 1.807) is 18.2 Å². The highest BCUT2D eigenvalue weighted by Crippen LogP contribution is 2.26. The third-order valence-electron chi connectivity index (χ3n) is 4.72. The zero-order chi connectivity index (χ0) is 20.4. The summed E-state index contributed by atoms with van der Waals surface area (Å²) in [6.45, 7) is 7.10. The topological polar surface area (TPSA) is 66.5 Å². The minimum atomic E-state index is -3.43. The smallest absolute Gasteiger partial charge is 0.232 e. The molecule has 0 saturated carbocycles. The summed E-state index contributed by atoms with van der Waals surface area (Å²) in [5.41, 5.74) is 1.40. The number of hydrogen-bond acceptors (Lipinski definition) is 3. The number of benzene rings is 1. The Morgan fingerprint density at radius 2 is 1.96 bits per heavy atom. The molecule has 7 heteroatoms. The first-order valence-electron chi connectivity index (χ1n) is 9.69. The molecule has 1 N–H and O–H groups in total. The molecule has 0 saturated heterocycles. The molecule has 5 nitrogen and oxygen atoms in total. The normalized spacial score (nSPS) is 12.6. The standard InChI is InChI=1S/C20H33ClN2O3S/c1-5-7-9-17(6-2)15-22-20(24)10-8-13-23(27(4,25)26)19-12-11-18(21)14-16(19)3/h11-12,14,17H,5-10,13,15H2,1-4H3,(H,22,24)/t17-/m1/s1. The molecule has 0 aliphatic rings. The highest BCUT2D eigenvalue weighted by atomic mass is 35.5. The summed E-state index contributed by atoms with van der Waals surface area (Å²) in [6.07, 6.45) is 6.48. The Morgan fingerprint density at radius 1 is 1.26 bits per heavy atom. The zero-order valence-corrected chi connectivity index (χ0v) is 18.5. The van der Waals surface area contributed by atoms with Gasteiger partial charge in [0.2, 0.25) is 15.9 Å². The van der Waals surface area contributed by atoms with Crippen LogP contribution >= 0.6 is 11.6 Å². The van der Waals surface area contributed by atoms with Gasteiger partial charge >= 0.3 is 0 Å². The van der Waals surface area contributed by atoms with Gasteiger partial charge < -0.3 is 5.32 Å². The third-order valence-corrected chi connectivity index (χ3v) is 6.14. The summed E-state index contributed by atoms with van der Waals surface area (Å²) in [5.74, 6) is 0.490. The Morgan fingerprint density at radius 3 is 2.52 bits per heavy atom. The van der Waals surface area contributed by atoms with Crippen LogP contribution in [0.2, 0.25) is 5.02 Å². The van der Waals surface area contributed by atoms with Crippen LogP contribution in [-0.4, -0.2) is 33.7 Å². The second-order valence-electron chi connectivity index (χ2n) is 7.09. The average Bonchev–Trinajstić information content (AvgIpc) is 2.59. The van der Waals surface area contributed by atoms with Gasteiger partial charge in [0.05, 0.1) is 11.9 Å². The monoisotopic (exact) mass is 416 g/mol. The minimum absolute atomic E-state index is 0.0220. The van der Waals surface area contributed by atoms with E-state index in [9.17, 15) is 13.2 Å². The Hall–Kier alpha value is -1.27. The number of carbonyl (C=O) groups excluding carboxylic acids is 1. The number of hydrogen-bond donors (Lipinski definition) is 1. The quantitative estimate of drug-likeness (QED) is 0.544. The summed E-state index contributed by atoms with van der Waals surface area (Å²) in [4.78, 5) is 12.1. The first kappa shape index (κ1) is 23.8. The fraction of sp³-hybridized carbons (Fsp3) is 0.650. The van der Waals surface area contributed by atoms with Crippen LogP contribution in [0.1, 0.15) is 57.9 Å². The molecule has 0 aliphatic carbocycles. The van der Waals surface area contributed by atoms with Crippen molar-refractivity contribution in [2.75, 3.05) is 23.7 Å². The summed E-state index contributed by atoms with van der Waals surface area (Å²) in [7, 11) is -3.43. The van der Waals surface area contributed by atoms with Crippen molar-refractivity contribution in [2.45, 2.75) is 59.3 Å². The maximum Gasteiger partial charge on any atom is 0.232 e. The molecule has 1 rings (SSSR count). The van der Waals surface area contributed by atoms with E-state index in [1.807, 2.05) is 6.92 Å². The minimum Gasteiger partial charge on any atom is -0.356 e. The molecular weight excluding hydrogens is 384 g/mol. The lowest BCUT2D eigenvalue weighted by molar-refractivity contribution is -0.121. The number of unbranched alkanes of at least 4 members (excludes halogenated alkanes) is 1. The van der Waals surface area contributed by atoms with Gasteiger partial charge in [0, 0.05) is 24.5 Å². The molecule has 0 aromatic heterocycles. The van der Waals surface area contributed by atoms with Crippen LogP contribution in [0.5, 0.6) is 0 Å². The van der Waals surface area contributed by atoms with Crippen LogP contribution in [0.4, 0.5) is 5.69 Å². The molecule has 1 aromatic rings. The highest BCUT2D eigenvalue weighted by molar-refractivity contribution is 7.92. The molecule has 27 heavy (non-hydrogen) atoms. The fourth-order valence-corrected chi connectivity index (χ4v) is 4.29. The van der Waals surface area contributed by atoms with E-state index in [-0.39, 0.29) is 12.5 Å². The van der Waals surface area contributed by atoms with Crippen LogP contribution < -0.4 is 9.62 Å². The number of aryl methyl sites for hydroxylation is 1. The molecular formula is C20H33ClN2O3S. The van der Waals surface area contributed by atoms with Gasteiger partial charge in [-0.05, 0) is 49.4 Å². The first-order chi connectivity index (χ1) is 12.7. The summed E-state index contributed by atoms with van der Waals surface area (Å²) >= 11 is 5.96. The third kappa shape index (κ3) is 8.52. The van der Waals surface area contributed by atoms with E-state index in [2.05, 4.69) is 19.2 Å². The molecule has 0 unspecified atom stereocenters. The maximum absolute atomic E-state index is 12.2. The molecule has 0 heterocycles. The fourth-order valence-electron chi connectivity index (χ4n) is 3.04. The van der Waals surface area contributed by atoms with E-state index >= 15 is 0 Å². The second-order valence-corrected chi connectivity index (χ2v) is 9.43. The predicted octanol–water partition coefficient (Wildman–Crippen LogP) is 4.53. The van der Waals surface area contributed by atoms with Crippen molar-refractivity contribution in [3.05, 3.63) is 28.8 Å². The number of rotatable bonds is 12. The predicted molar refractivity (Wildman–Crippen MR) is 114 cm³/mol. The van der Waals surface area contributed by atoms with Crippen LogP contribution in [0.15, 0.2) is 18.2 Å². The SMILES string of the molecule is CCCC[C@@H](CC)CNC(=O)CCCN(c1ccc(Cl)cc1C)S(C)(=O)=O. The van der Waals surface area contributed by atoms with E-state index < -0.39 is 10.0 Å². The zero-order valence-electron chi connectivity index (χ0n) is 16.9. The van der Waals surface area contributed by atoms with Crippen molar-refractivity contribution >= 4 is 33.2 Å². The number of sulfonamides is 1. The number of nitrogens with zero attached hydrogens (tertiary/aromatic N) is 1. The molecule has 0 radical (unpaired) electrons. The van der Waals surface area contributed by atoms with Gasteiger partial charge in [-0.15, -0.1) is 0 Å². The molecule has 1 amide bonds. The lowest BCUT2D eigenvalue weighted by Gasteiger charge is -2.24. The molecule has 0 aliphatic heterocycles. The number of amides is 1. The Bertz CT molecular complexity index is 707.